The van der Waals surface area contributed by atoms with Crippen LogP contribution in [0.4, 0.5) is 18.0 Å². The number of carbonyl (C=O) groups is 2. The van der Waals surface area contributed by atoms with Gasteiger partial charge in [0.25, 0.3) is 0 Å². The number of carboxylic acid groups (broad SMARTS) is 1. The molecule has 2 atom stereocenters. The van der Waals surface area contributed by atoms with Crippen molar-refractivity contribution in [2.45, 2.75) is 50.1 Å². The van der Waals surface area contributed by atoms with Crippen molar-refractivity contribution in [3.8, 4) is 0 Å². The lowest BCUT2D eigenvalue weighted by Gasteiger charge is -2.39. The first kappa shape index (κ1) is 24.4. The molecule has 0 radical (unpaired) electrons. The maximum Gasteiger partial charge on any atom is 0.490 e. The molecule has 7 nitrogen and oxygen atoms in total. The average molecular weight is 452 g/mol. The zero-order valence-corrected chi connectivity index (χ0v) is 17.9. The number of nitrogens with one attached hydrogen (secondary N) is 1. The fourth-order valence-corrected chi connectivity index (χ4v) is 4.36. The van der Waals surface area contributed by atoms with Gasteiger partial charge in [0.1, 0.15) is 0 Å². The smallest absolute Gasteiger partial charge is 0.475 e. The molecule has 3 heterocycles. The number of thiophene rings is 1. The van der Waals surface area contributed by atoms with E-state index in [1.54, 1.807) is 19.0 Å². The van der Waals surface area contributed by atoms with Crippen LogP contribution in [-0.2, 0) is 16.1 Å². The summed E-state index contributed by atoms with van der Waals surface area (Å²) in [5.41, 5.74) is 0.00300. The van der Waals surface area contributed by atoms with Gasteiger partial charge in [0, 0.05) is 45.2 Å². The SMILES string of the molecule is CN(C)C(=O)NC[C@H]1CCC[C@]2(CCN(Cc3cccs3)C2)O1.O=C(O)C(F)(F)F. The molecule has 2 aliphatic rings. The lowest BCUT2D eigenvalue weighted by molar-refractivity contribution is -0.192. The van der Waals surface area contributed by atoms with E-state index in [4.69, 9.17) is 14.6 Å². The summed E-state index contributed by atoms with van der Waals surface area (Å²) in [7, 11) is 3.52. The van der Waals surface area contributed by atoms with E-state index in [1.807, 2.05) is 11.3 Å². The molecule has 1 spiro atoms. The van der Waals surface area contributed by atoms with Gasteiger partial charge in [0.05, 0.1) is 11.7 Å². The standard InChI is InChI=1S/C17H27N3O2S.C2HF3O2/c1-19(2)16(21)18-11-14-5-3-7-17(22-14)8-9-20(13-17)12-15-6-4-10-23-15;3-2(4,5)1(6)7/h4,6,10,14H,3,5,7-9,11-13H2,1-2H3,(H,18,21);(H,6,7)/t14-,17-;/m1./s1. The van der Waals surface area contributed by atoms with Crippen LogP contribution in [-0.4, -0.2) is 78.5 Å². The average Bonchev–Trinajstić information content (AvgIpc) is 3.30. The number of amides is 2. The number of halogens is 3. The fraction of sp³-hybridized carbons (Fsp3) is 0.684. The molecule has 0 unspecified atom stereocenters. The van der Waals surface area contributed by atoms with Gasteiger partial charge < -0.3 is 20.1 Å². The number of aliphatic carboxylic acids is 1. The van der Waals surface area contributed by atoms with Gasteiger partial charge in [-0.25, -0.2) is 9.59 Å². The van der Waals surface area contributed by atoms with Crippen molar-refractivity contribution < 1.29 is 32.6 Å². The molecule has 170 valence electrons. The van der Waals surface area contributed by atoms with Crippen molar-refractivity contribution in [3.63, 3.8) is 0 Å². The molecule has 1 aromatic heterocycles. The van der Waals surface area contributed by atoms with Crippen LogP contribution in [0.2, 0.25) is 0 Å². The number of ether oxygens (including phenoxy) is 1. The zero-order valence-electron chi connectivity index (χ0n) is 17.1. The summed E-state index contributed by atoms with van der Waals surface area (Å²) in [6.07, 6.45) is -0.451. The van der Waals surface area contributed by atoms with Crippen LogP contribution in [0.25, 0.3) is 0 Å². The second-order valence-electron chi connectivity index (χ2n) is 7.74. The molecule has 2 saturated heterocycles. The Kier molecular flexibility index (Phi) is 8.51. The molecule has 2 aliphatic heterocycles. The lowest BCUT2D eigenvalue weighted by atomic mass is 9.90. The van der Waals surface area contributed by atoms with E-state index in [9.17, 15) is 18.0 Å². The van der Waals surface area contributed by atoms with Gasteiger partial charge in [-0.3, -0.25) is 4.90 Å². The van der Waals surface area contributed by atoms with E-state index >= 15 is 0 Å². The topological polar surface area (TPSA) is 82.1 Å². The van der Waals surface area contributed by atoms with Gasteiger partial charge in [-0.15, -0.1) is 11.3 Å². The van der Waals surface area contributed by atoms with E-state index in [-0.39, 0.29) is 17.7 Å². The minimum absolute atomic E-state index is 0.00300. The van der Waals surface area contributed by atoms with E-state index in [0.29, 0.717) is 6.54 Å². The first-order valence-corrected chi connectivity index (χ1v) is 10.6. The molecular formula is C19H28F3N3O4S. The molecule has 11 heteroatoms. The summed E-state index contributed by atoms with van der Waals surface area (Å²) in [5.74, 6) is -2.76. The number of alkyl halides is 3. The maximum absolute atomic E-state index is 11.7. The van der Waals surface area contributed by atoms with Crippen molar-refractivity contribution in [2.24, 2.45) is 0 Å². The highest BCUT2D eigenvalue weighted by Crippen LogP contribution is 2.37. The summed E-state index contributed by atoms with van der Waals surface area (Å²) < 4.78 is 38.2. The molecule has 0 saturated carbocycles. The molecule has 30 heavy (non-hydrogen) atoms. The number of likely N-dealkylation sites (tertiary alicyclic amines) is 1. The first-order chi connectivity index (χ1) is 14.0. The number of urea groups is 1. The number of hydrogen-bond donors (Lipinski definition) is 2. The summed E-state index contributed by atoms with van der Waals surface area (Å²) in [5, 5.41) is 12.2. The second kappa shape index (κ2) is 10.5. The van der Waals surface area contributed by atoms with Crippen molar-refractivity contribution in [1.29, 1.82) is 0 Å². The van der Waals surface area contributed by atoms with Gasteiger partial charge in [0.2, 0.25) is 0 Å². The normalized spacial score (nSPS) is 24.2. The lowest BCUT2D eigenvalue weighted by Crippen LogP contribution is -2.48. The van der Waals surface area contributed by atoms with Crippen LogP contribution in [0.5, 0.6) is 0 Å². The maximum atomic E-state index is 11.7. The number of carbonyl (C=O) groups excluding carboxylic acids is 1. The van der Waals surface area contributed by atoms with Crippen LogP contribution in [0.15, 0.2) is 17.5 Å². The van der Waals surface area contributed by atoms with Gasteiger partial charge in [-0.05, 0) is 37.1 Å². The molecule has 0 bridgehead atoms. The third-order valence-electron chi connectivity index (χ3n) is 5.06. The quantitative estimate of drug-likeness (QED) is 0.735. The van der Waals surface area contributed by atoms with Gasteiger partial charge in [0.15, 0.2) is 0 Å². The largest absolute Gasteiger partial charge is 0.490 e. The van der Waals surface area contributed by atoms with Crippen LogP contribution in [0.1, 0.15) is 30.6 Å². The Balaban J connectivity index is 0.000000396. The Morgan fingerprint density at radius 3 is 2.67 bits per heavy atom. The van der Waals surface area contributed by atoms with Crippen LogP contribution >= 0.6 is 11.3 Å². The molecule has 2 fully saturated rings. The summed E-state index contributed by atoms with van der Waals surface area (Å²) >= 11 is 1.82. The third-order valence-corrected chi connectivity index (χ3v) is 5.92. The van der Waals surface area contributed by atoms with E-state index in [0.717, 1.165) is 38.9 Å². The predicted octanol–water partition coefficient (Wildman–Crippen LogP) is 3.17. The number of hydrogen-bond acceptors (Lipinski definition) is 5. The Morgan fingerprint density at radius 1 is 1.40 bits per heavy atom. The highest BCUT2D eigenvalue weighted by molar-refractivity contribution is 7.09. The molecule has 1 aromatic rings. The number of nitrogens with zero attached hydrogens (tertiary/aromatic N) is 2. The molecule has 2 N–H and O–H groups in total. The monoisotopic (exact) mass is 451 g/mol. The molecule has 0 aromatic carbocycles. The van der Waals surface area contributed by atoms with Crippen molar-refractivity contribution in [3.05, 3.63) is 22.4 Å². The summed E-state index contributed by atoms with van der Waals surface area (Å²) in [6.45, 7) is 3.77. The van der Waals surface area contributed by atoms with E-state index in [2.05, 4.69) is 27.7 Å². The second-order valence-corrected chi connectivity index (χ2v) is 8.77. The van der Waals surface area contributed by atoms with E-state index < -0.39 is 12.1 Å². The van der Waals surface area contributed by atoms with Gasteiger partial charge >= 0.3 is 18.2 Å². The Morgan fingerprint density at radius 2 is 2.10 bits per heavy atom. The van der Waals surface area contributed by atoms with Crippen LogP contribution in [0.3, 0.4) is 0 Å². The van der Waals surface area contributed by atoms with E-state index in [1.165, 1.54) is 11.3 Å². The van der Waals surface area contributed by atoms with Gasteiger partial charge in [-0.2, -0.15) is 13.2 Å². The highest BCUT2D eigenvalue weighted by atomic mass is 32.1. The molecular weight excluding hydrogens is 423 g/mol. The van der Waals surface area contributed by atoms with Crippen molar-refractivity contribution in [2.75, 3.05) is 33.7 Å². The zero-order chi connectivity index (χ0) is 22.4. The minimum atomic E-state index is -5.08. The predicted molar refractivity (Wildman–Crippen MR) is 106 cm³/mol. The Labute approximate surface area is 177 Å². The number of rotatable bonds is 4. The van der Waals surface area contributed by atoms with Gasteiger partial charge in [-0.1, -0.05) is 6.07 Å². The molecule has 0 aliphatic carbocycles. The first-order valence-electron chi connectivity index (χ1n) is 9.68. The number of carboxylic acids is 1. The Hall–Kier alpha value is -1.85. The summed E-state index contributed by atoms with van der Waals surface area (Å²) in [4.78, 5) is 26.1. The van der Waals surface area contributed by atoms with Crippen LogP contribution in [0, 0.1) is 0 Å². The van der Waals surface area contributed by atoms with Crippen LogP contribution < -0.4 is 5.32 Å². The summed E-state index contributed by atoms with van der Waals surface area (Å²) in [6, 6.07) is 4.28. The van der Waals surface area contributed by atoms with Crippen molar-refractivity contribution >= 4 is 23.3 Å². The Bertz CT molecular complexity index is 700. The minimum Gasteiger partial charge on any atom is -0.475 e. The highest BCUT2D eigenvalue weighted by Gasteiger charge is 2.43. The fourth-order valence-electron chi connectivity index (χ4n) is 3.61. The molecule has 3 rings (SSSR count). The third kappa shape index (κ3) is 7.44. The van der Waals surface area contributed by atoms with Crippen molar-refractivity contribution in [1.82, 2.24) is 15.1 Å². The molecule has 2 amide bonds.